The smallest absolute Gasteiger partial charge is 0.264 e. The fourth-order valence-electron chi connectivity index (χ4n) is 3.80. The van der Waals surface area contributed by atoms with Crippen molar-refractivity contribution in [1.82, 2.24) is 10.2 Å². The van der Waals surface area contributed by atoms with Crippen molar-refractivity contribution in [1.29, 1.82) is 0 Å². The van der Waals surface area contributed by atoms with Crippen LogP contribution in [0, 0.1) is 6.92 Å². The van der Waals surface area contributed by atoms with Crippen LogP contribution in [0.15, 0.2) is 88.2 Å². The van der Waals surface area contributed by atoms with Crippen LogP contribution in [-0.2, 0) is 26.2 Å². The normalized spacial score (nSPS) is 12.5. The predicted molar refractivity (Wildman–Crippen MR) is 154 cm³/mol. The molecule has 3 aromatic carbocycles. The second-order valence-corrected chi connectivity index (χ2v) is 13.0. The summed E-state index contributed by atoms with van der Waals surface area (Å²) in [6.07, 6.45) is 0. The van der Waals surface area contributed by atoms with Gasteiger partial charge in [-0.15, -0.1) is 0 Å². The molecule has 3 rings (SSSR count). The van der Waals surface area contributed by atoms with E-state index in [0.717, 1.165) is 19.9 Å². The van der Waals surface area contributed by atoms with Gasteiger partial charge in [0.15, 0.2) is 0 Å². The Balaban J connectivity index is 2.01. The summed E-state index contributed by atoms with van der Waals surface area (Å²) in [6, 6.07) is 21.5. The lowest BCUT2D eigenvalue weighted by molar-refractivity contribution is -0.140. The van der Waals surface area contributed by atoms with Crippen molar-refractivity contribution in [2.75, 3.05) is 10.8 Å². The van der Waals surface area contributed by atoms with Gasteiger partial charge < -0.3 is 10.2 Å². The van der Waals surface area contributed by atoms with Gasteiger partial charge in [-0.05, 0) is 76.6 Å². The maximum atomic E-state index is 13.9. The van der Waals surface area contributed by atoms with Crippen LogP contribution in [-0.4, -0.2) is 43.3 Å². The number of nitrogens with zero attached hydrogens (tertiary/aromatic N) is 2. The highest BCUT2D eigenvalue weighted by molar-refractivity contribution is 9.10. The zero-order valence-electron chi connectivity index (χ0n) is 22.3. The molecule has 0 fully saturated rings. The summed E-state index contributed by atoms with van der Waals surface area (Å²) in [5.74, 6) is -0.816. The topological polar surface area (TPSA) is 86.8 Å². The lowest BCUT2D eigenvalue weighted by Crippen LogP contribution is -2.54. The second kappa shape index (κ2) is 12.1. The predicted octanol–water partition coefficient (Wildman–Crippen LogP) is 5.28. The monoisotopic (exact) mass is 599 g/mol. The summed E-state index contributed by atoms with van der Waals surface area (Å²) < 4.78 is 29.3. The standard InChI is InChI=1S/C29H34BrN3O4S/c1-21-11-13-23(14-12-21)19-32(22(2)28(35)31-29(3,4)5)27(34)20-33(25-17-15-24(30)16-18-25)38(36,37)26-9-7-6-8-10-26/h6-18,22H,19-20H2,1-5H3,(H,31,35)/t22-/m0/s1. The van der Waals surface area contributed by atoms with Crippen LogP contribution in [0.1, 0.15) is 38.8 Å². The van der Waals surface area contributed by atoms with Crippen molar-refractivity contribution in [3.63, 3.8) is 0 Å². The Bertz CT molecular complexity index is 1350. The maximum absolute atomic E-state index is 13.9. The largest absolute Gasteiger partial charge is 0.350 e. The van der Waals surface area contributed by atoms with Crippen LogP contribution in [0.5, 0.6) is 0 Å². The van der Waals surface area contributed by atoms with Gasteiger partial charge in [0, 0.05) is 16.6 Å². The van der Waals surface area contributed by atoms with Gasteiger partial charge >= 0.3 is 0 Å². The number of aryl methyl sites for hydroxylation is 1. The van der Waals surface area contributed by atoms with E-state index in [0.29, 0.717) is 5.69 Å². The molecule has 1 atom stereocenters. The van der Waals surface area contributed by atoms with E-state index in [4.69, 9.17) is 0 Å². The molecule has 0 heterocycles. The van der Waals surface area contributed by atoms with Crippen molar-refractivity contribution in [2.45, 2.75) is 57.6 Å². The number of benzene rings is 3. The lowest BCUT2D eigenvalue weighted by atomic mass is 10.1. The van der Waals surface area contributed by atoms with E-state index in [-0.39, 0.29) is 17.3 Å². The van der Waals surface area contributed by atoms with Crippen LogP contribution in [0.25, 0.3) is 0 Å². The quantitative estimate of drug-likeness (QED) is 0.362. The first-order valence-corrected chi connectivity index (χ1v) is 14.5. The van der Waals surface area contributed by atoms with Crippen LogP contribution in [0.2, 0.25) is 0 Å². The maximum Gasteiger partial charge on any atom is 0.264 e. The van der Waals surface area contributed by atoms with Crippen LogP contribution >= 0.6 is 15.9 Å². The molecule has 1 N–H and O–H groups in total. The minimum atomic E-state index is -4.08. The number of amides is 2. The summed E-state index contributed by atoms with van der Waals surface area (Å²) in [4.78, 5) is 28.5. The Morgan fingerprint density at radius 3 is 2.05 bits per heavy atom. The Labute approximate surface area is 234 Å². The number of anilines is 1. The first kappa shape index (κ1) is 29.4. The number of carbonyl (C=O) groups is 2. The third-order valence-corrected chi connectivity index (χ3v) is 8.18. The van der Waals surface area contributed by atoms with E-state index in [2.05, 4.69) is 21.2 Å². The van der Waals surface area contributed by atoms with Gasteiger partial charge in [-0.3, -0.25) is 13.9 Å². The number of nitrogens with one attached hydrogen (secondary N) is 1. The van der Waals surface area contributed by atoms with Crippen molar-refractivity contribution in [3.05, 3.63) is 94.5 Å². The van der Waals surface area contributed by atoms with E-state index in [1.165, 1.54) is 17.0 Å². The highest BCUT2D eigenvalue weighted by Gasteiger charge is 2.33. The molecule has 2 amide bonds. The minimum Gasteiger partial charge on any atom is -0.350 e. The average molecular weight is 601 g/mol. The van der Waals surface area contributed by atoms with Crippen LogP contribution < -0.4 is 9.62 Å². The molecule has 0 aliphatic carbocycles. The molecule has 0 bridgehead atoms. The number of rotatable bonds is 9. The Morgan fingerprint density at radius 2 is 1.50 bits per heavy atom. The number of hydrogen-bond donors (Lipinski definition) is 1. The summed E-state index contributed by atoms with van der Waals surface area (Å²) >= 11 is 3.38. The minimum absolute atomic E-state index is 0.0688. The summed E-state index contributed by atoms with van der Waals surface area (Å²) in [5.41, 5.74) is 1.75. The summed E-state index contributed by atoms with van der Waals surface area (Å²) in [5, 5.41) is 2.93. The number of halogens is 1. The fourth-order valence-corrected chi connectivity index (χ4v) is 5.50. The summed E-state index contributed by atoms with van der Waals surface area (Å²) in [7, 11) is -4.08. The molecular weight excluding hydrogens is 566 g/mol. The third kappa shape index (κ3) is 7.68. The Kier molecular flexibility index (Phi) is 9.38. The van der Waals surface area contributed by atoms with Crippen molar-refractivity contribution >= 4 is 43.5 Å². The average Bonchev–Trinajstić information content (AvgIpc) is 2.86. The van der Waals surface area contributed by atoms with Gasteiger partial charge in [-0.1, -0.05) is 64.0 Å². The van der Waals surface area contributed by atoms with Crippen molar-refractivity contribution in [2.24, 2.45) is 0 Å². The molecule has 0 spiro atoms. The van der Waals surface area contributed by atoms with E-state index in [9.17, 15) is 18.0 Å². The molecular formula is C29H34BrN3O4S. The van der Waals surface area contributed by atoms with Crippen LogP contribution in [0.4, 0.5) is 5.69 Å². The molecule has 9 heteroatoms. The first-order valence-electron chi connectivity index (χ1n) is 12.3. The van der Waals surface area contributed by atoms with Crippen LogP contribution in [0.3, 0.4) is 0 Å². The molecule has 202 valence electrons. The molecule has 3 aromatic rings. The van der Waals surface area contributed by atoms with Gasteiger partial charge in [0.1, 0.15) is 12.6 Å². The molecule has 38 heavy (non-hydrogen) atoms. The van der Waals surface area contributed by atoms with E-state index in [1.807, 2.05) is 52.0 Å². The molecule has 0 aliphatic heterocycles. The van der Waals surface area contributed by atoms with Gasteiger partial charge in [-0.2, -0.15) is 0 Å². The highest BCUT2D eigenvalue weighted by atomic mass is 79.9. The zero-order valence-corrected chi connectivity index (χ0v) is 24.7. The number of carbonyl (C=O) groups excluding carboxylic acids is 2. The molecule has 0 saturated heterocycles. The fraction of sp³-hybridized carbons (Fsp3) is 0.310. The Morgan fingerprint density at radius 1 is 0.921 bits per heavy atom. The molecule has 0 aromatic heterocycles. The number of sulfonamides is 1. The second-order valence-electron chi connectivity index (χ2n) is 10.2. The molecule has 0 aliphatic rings. The molecule has 0 radical (unpaired) electrons. The SMILES string of the molecule is Cc1ccc(CN(C(=O)CN(c2ccc(Br)cc2)S(=O)(=O)c2ccccc2)[C@@H](C)C(=O)NC(C)(C)C)cc1. The van der Waals surface area contributed by atoms with E-state index in [1.54, 1.807) is 49.4 Å². The lowest BCUT2D eigenvalue weighted by Gasteiger charge is -2.33. The van der Waals surface area contributed by atoms with Crippen molar-refractivity contribution in [3.8, 4) is 0 Å². The molecule has 0 unspecified atom stereocenters. The first-order chi connectivity index (χ1) is 17.8. The van der Waals surface area contributed by atoms with E-state index >= 15 is 0 Å². The molecule has 0 saturated carbocycles. The third-order valence-electron chi connectivity index (χ3n) is 5.86. The Hall–Kier alpha value is -3.17. The highest BCUT2D eigenvalue weighted by Crippen LogP contribution is 2.26. The molecule has 7 nitrogen and oxygen atoms in total. The van der Waals surface area contributed by atoms with Gasteiger partial charge in [0.25, 0.3) is 10.0 Å². The van der Waals surface area contributed by atoms with Gasteiger partial charge in [0.2, 0.25) is 11.8 Å². The van der Waals surface area contributed by atoms with E-state index < -0.39 is 34.1 Å². The van der Waals surface area contributed by atoms with Crippen molar-refractivity contribution < 1.29 is 18.0 Å². The number of hydrogen-bond acceptors (Lipinski definition) is 4. The van der Waals surface area contributed by atoms with Gasteiger partial charge in [0.05, 0.1) is 10.6 Å². The summed E-state index contributed by atoms with van der Waals surface area (Å²) in [6.45, 7) is 8.90. The zero-order chi connectivity index (χ0) is 28.1. The van der Waals surface area contributed by atoms with Gasteiger partial charge in [-0.25, -0.2) is 8.42 Å².